The lowest BCUT2D eigenvalue weighted by Gasteiger charge is -2.28. The van der Waals surface area contributed by atoms with Crippen molar-refractivity contribution in [3.63, 3.8) is 0 Å². The molecule has 124 valence electrons. The van der Waals surface area contributed by atoms with Crippen LogP contribution in [0.25, 0.3) is 0 Å². The molecule has 0 atom stereocenters. The van der Waals surface area contributed by atoms with Crippen molar-refractivity contribution in [2.75, 3.05) is 16.8 Å². The molecule has 2 heterocycles. The number of anilines is 2. The van der Waals surface area contributed by atoms with Crippen molar-refractivity contribution < 1.29 is 19.5 Å². The van der Waals surface area contributed by atoms with Gasteiger partial charge in [0.05, 0.1) is 12.1 Å². The standard InChI is InChI=1S/C16H15N3O4S/c20-13(18-16-17-11(9-24-16)7-15(22)23)8-19-12-4-2-1-3-10(12)5-6-14(19)21/h1-4,9H,5-8H2,(H,22,23)(H,17,18,20). The van der Waals surface area contributed by atoms with Gasteiger partial charge in [-0.3, -0.25) is 14.4 Å². The van der Waals surface area contributed by atoms with Crippen LogP contribution in [0.4, 0.5) is 10.8 Å². The second-order valence-corrected chi connectivity index (χ2v) is 6.23. The Bertz CT molecular complexity index is 802. The Hall–Kier alpha value is -2.74. The van der Waals surface area contributed by atoms with Gasteiger partial charge in [0.15, 0.2) is 5.13 Å². The Morgan fingerprint density at radius 1 is 1.29 bits per heavy atom. The van der Waals surface area contributed by atoms with Crippen molar-refractivity contribution in [2.24, 2.45) is 0 Å². The molecule has 1 aliphatic rings. The summed E-state index contributed by atoms with van der Waals surface area (Å²) in [7, 11) is 0. The number of rotatable bonds is 5. The van der Waals surface area contributed by atoms with E-state index in [4.69, 9.17) is 5.11 Å². The van der Waals surface area contributed by atoms with Gasteiger partial charge in [-0.2, -0.15) is 0 Å². The number of hydrogen-bond donors (Lipinski definition) is 2. The molecule has 0 fully saturated rings. The van der Waals surface area contributed by atoms with Crippen LogP contribution in [0, 0.1) is 0 Å². The van der Waals surface area contributed by atoms with Crippen molar-refractivity contribution >= 4 is 39.9 Å². The number of amides is 2. The van der Waals surface area contributed by atoms with Crippen LogP contribution in [0.1, 0.15) is 17.7 Å². The number of carboxylic acids is 1. The van der Waals surface area contributed by atoms with Crippen LogP contribution in [0.15, 0.2) is 29.6 Å². The summed E-state index contributed by atoms with van der Waals surface area (Å²) in [5.41, 5.74) is 2.19. The maximum Gasteiger partial charge on any atom is 0.309 e. The second kappa shape index (κ2) is 6.79. The molecule has 7 nitrogen and oxygen atoms in total. The van der Waals surface area contributed by atoms with Crippen molar-refractivity contribution in [1.29, 1.82) is 0 Å². The first kappa shape index (κ1) is 16.1. The van der Waals surface area contributed by atoms with Crippen molar-refractivity contribution in [1.82, 2.24) is 4.98 Å². The first-order valence-corrected chi connectivity index (χ1v) is 8.25. The summed E-state index contributed by atoms with van der Waals surface area (Å²) in [4.78, 5) is 40.5. The number of nitrogens with zero attached hydrogens (tertiary/aromatic N) is 2. The summed E-state index contributed by atoms with van der Waals surface area (Å²) in [5, 5.41) is 13.3. The van der Waals surface area contributed by atoms with Gasteiger partial charge >= 0.3 is 5.97 Å². The largest absolute Gasteiger partial charge is 0.481 e. The quantitative estimate of drug-likeness (QED) is 0.859. The molecule has 1 aromatic heterocycles. The van der Waals surface area contributed by atoms with Crippen LogP contribution in [0.2, 0.25) is 0 Å². The van der Waals surface area contributed by atoms with Crippen LogP contribution >= 0.6 is 11.3 Å². The monoisotopic (exact) mass is 345 g/mol. The smallest absolute Gasteiger partial charge is 0.309 e. The summed E-state index contributed by atoms with van der Waals surface area (Å²) in [6, 6.07) is 7.52. The predicted molar refractivity (Wildman–Crippen MR) is 89.2 cm³/mol. The third-order valence-corrected chi connectivity index (χ3v) is 4.43. The Kier molecular flexibility index (Phi) is 4.57. The molecule has 3 rings (SSSR count). The Balaban J connectivity index is 1.67. The van der Waals surface area contributed by atoms with Crippen molar-refractivity contribution in [3.05, 3.63) is 40.9 Å². The zero-order valence-corrected chi connectivity index (χ0v) is 13.5. The lowest BCUT2D eigenvalue weighted by Crippen LogP contribution is -2.40. The lowest BCUT2D eigenvalue weighted by atomic mass is 10.0. The van der Waals surface area contributed by atoms with Crippen LogP contribution in [0.5, 0.6) is 0 Å². The summed E-state index contributed by atoms with van der Waals surface area (Å²) in [6.45, 7) is -0.0936. The fourth-order valence-electron chi connectivity index (χ4n) is 2.57. The molecule has 1 aromatic carbocycles. The van der Waals surface area contributed by atoms with E-state index in [1.165, 1.54) is 4.90 Å². The van der Waals surface area contributed by atoms with Gasteiger partial charge in [0, 0.05) is 17.5 Å². The van der Waals surface area contributed by atoms with Crippen molar-refractivity contribution in [3.8, 4) is 0 Å². The maximum atomic E-state index is 12.2. The average molecular weight is 345 g/mol. The van der Waals surface area contributed by atoms with Crippen LogP contribution in [-0.2, 0) is 27.2 Å². The van der Waals surface area contributed by atoms with E-state index in [1.54, 1.807) is 5.38 Å². The lowest BCUT2D eigenvalue weighted by molar-refractivity contribution is -0.136. The number of aliphatic carboxylic acids is 1. The number of benzene rings is 1. The number of fused-ring (bicyclic) bond motifs is 1. The second-order valence-electron chi connectivity index (χ2n) is 5.37. The molecule has 0 saturated heterocycles. The molecule has 0 bridgehead atoms. The molecule has 2 aromatic rings. The fraction of sp³-hybridized carbons (Fsp3) is 0.250. The van der Waals surface area contributed by atoms with E-state index in [-0.39, 0.29) is 24.8 Å². The van der Waals surface area contributed by atoms with Gasteiger partial charge in [-0.15, -0.1) is 11.3 Å². The number of aryl methyl sites for hydroxylation is 1. The van der Waals surface area contributed by atoms with Gasteiger partial charge in [0.1, 0.15) is 6.54 Å². The third-order valence-electron chi connectivity index (χ3n) is 3.62. The van der Waals surface area contributed by atoms with Gasteiger partial charge in [-0.25, -0.2) is 4.98 Å². The molecule has 8 heteroatoms. The van der Waals surface area contributed by atoms with Gasteiger partial charge in [-0.1, -0.05) is 18.2 Å². The van der Waals surface area contributed by atoms with Crippen molar-refractivity contribution in [2.45, 2.75) is 19.3 Å². The van der Waals surface area contributed by atoms with E-state index in [1.807, 2.05) is 24.3 Å². The molecule has 0 spiro atoms. The fourth-order valence-corrected chi connectivity index (χ4v) is 3.30. The number of carboxylic acid groups (broad SMARTS) is 1. The summed E-state index contributed by atoms with van der Waals surface area (Å²) >= 11 is 1.16. The SMILES string of the molecule is O=C(O)Cc1csc(NC(=O)CN2C(=O)CCc3ccccc32)n1. The molecule has 24 heavy (non-hydrogen) atoms. The average Bonchev–Trinajstić information content (AvgIpc) is 2.96. The van der Waals surface area contributed by atoms with E-state index < -0.39 is 5.97 Å². The zero-order valence-electron chi connectivity index (χ0n) is 12.7. The maximum absolute atomic E-state index is 12.2. The van der Waals surface area contributed by atoms with Crippen LogP contribution in [-0.4, -0.2) is 34.4 Å². The number of hydrogen-bond acceptors (Lipinski definition) is 5. The van der Waals surface area contributed by atoms with Gasteiger partial charge in [0.25, 0.3) is 0 Å². The topological polar surface area (TPSA) is 99.6 Å². The molecular weight excluding hydrogens is 330 g/mol. The zero-order chi connectivity index (χ0) is 17.1. The molecule has 0 aliphatic carbocycles. The summed E-state index contributed by atoms with van der Waals surface area (Å²) in [5.74, 6) is -1.43. The molecule has 0 saturated carbocycles. The number of para-hydroxylation sites is 1. The molecule has 0 unspecified atom stereocenters. The molecule has 2 amide bonds. The highest BCUT2D eigenvalue weighted by molar-refractivity contribution is 7.13. The highest BCUT2D eigenvalue weighted by atomic mass is 32.1. The number of aromatic nitrogens is 1. The summed E-state index contributed by atoms with van der Waals surface area (Å²) in [6.07, 6.45) is 0.868. The van der Waals surface area contributed by atoms with Crippen LogP contribution in [0.3, 0.4) is 0 Å². The molecule has 0 radical (unpaired) electrons. The summed E-state index contributed by atoms with van der Waals surface area (Å²) < 4.78 is 0. The van der Waals surface area contributed by atoms with Crippen LogP contribution < -0.4 is 10.2 Å². The van der Waals surface area contributed by atoms with Gasteiger partial charge in [0.2, 0.25) is 11.8 Å². The van der Waals surface area contributed by atoms with E-state index in [0.717, 1.165) is 22.6 Å². The number of nitrogens with one attached hydrogen (secondary N) is 1. The highest BCUT2D eigenvalue weighted by Crippen LogP contribution is 2.27. The van der Waals surface area contributed by atoms with E-state index in [0.29, 0.717) is 23.7 Å². The molecule has 1 aliphatic heterocycles. The Labute approximate surface area is 141 Å². The highest BCUT2D eigenvalue weighted by Gasteiger charge is 2.25. The normalized spacial score (nSPS) is 13.5. The number of carbonyl (C=O) groups is 3. The van der Waals surface area contributed by atoms with Gasteiger partial charge in [-0.05, 0) is 18.1 Å². The number of thiazole rings is 1. The third kappa shape index (κ3) is 3.60. The minimum atomic E-state index is -0.978. The predicted octanol–water partition coefficient (Wildman–Crippen LogP) is 1.69. The molecular formula is C16H15N3O4S. The van der Waals surface area contributed by atoms with E-state index in [2.05, 4.69) is 10.3 Å². The Morgan fingerprint density at radius 2 is 2.08 bits per heavy atom. The minimum Gasteiger partial charge on any atom is -0.481 e. The Morgan fingerprint density at radius 3 is 2.88 bits per heavy atom. The first-order chi connectivity index (χ1) is 11.5. The van der Waals surface area contributed by atoms with Gasteiger partial charge < -0.3 is 15.3 Å². The first-order valence-electron chi connectivity index (χ1n) is 7.37. The van der Waals surface area contributed by atoms with E-state index >= 15 is 0 Å². The molecule has 2 N–H and O–H groups in total. The number of carbonyl (C=O) groups excluding carboxylic acids is 2. The van der Waals surface area contributed by atoms with E-state index in [9.17, 15) is 14.4 Å². The minimum absolute atomic E-state index is 0.0884.